The fourth-order valence-corrected chi connectivity index (χ4v) is 1.93. The molecule has 0 saturated carbocycles. The molecule has 0 aliphatic rings. The van der Waals surface area contributed by atoms with Gasteiger partial charge >= 0.3 is 5.00 Å². The van der Waals surface area contributed by atoms with E-state index in [0.717, 1.165) is 22.5 Å². The first-order valence-electron chi connectivity index (χ1n) is 4.90. The molecule has 0 atom stereocenters. The standard InChI is InChI=1S/C10H10N4O2S/c1-7-4-11-3-2-8(7)5-12-10-13-6-9(17-10)14(15)16/h2-4,6H,5H2,1H3,(H,12,13). The highest BCUT2D eigenvalue weighted by atomic mass is 32.1. The second-order valence-electron chi connectivity index (χ2n) is 3.42. The normalized spacial score (nSPS) is 10.2. The number of anilines is 1. The zero-order valence-corrected chi connectivity index (χ0v) is 9.90. The van der Waals surface area contributed by atoms with Gasteiger partial charge in [-0.2, -0.15) is 0 Å². The molecule has 2 aromatic rings. The van der Waals surface area contributed by atoms with Gasteiger partial charge < -0.3 is 5.32 Å². The van der Waals surface area contributed by atoms with Crippen molar-refractivity contribution >= 4 is 21.5 Å². The van der Waals surface area contributed by atoms with Crippen molar-refractivity contribution in [3.8, 4) is 0 Å². The molecule has 0 radical (unpaired) electrons. The van der Waals surface area contributed by atoms with Crippen LogP contribution in [0.4, 0.5) is 10.1 Å². The van der Waals surface area contributed by atoms with Gasteiger partial charge in [-0.25, -0.2) is 4.98 Å². The number of hydrogen-bond donors (Lipinski definition) is 1. The van der Waals surface area contributed by atoms with Crippen LogP contribution in [-0.2, 0) is 6.54 Å². The van der Waals surface area contributed by atoms with Crippen LogP contribution >= 0.6 is 11.3 Å². The number of nitrogens with zero attached hydrogens (tertiary/aromatic N) is 3. The Morgan fingerprint density at radius 2 is 2.35 bits per heavy atom. The quantitative estimate of drug-likeness (QED) is 0.665. The largest absolute Gasteiger partial charge is 0.357 e. The molecular formula is C10H10N4O2S. The summed E-state index contributed by atoms with van der Waals surface area (Å²) >= 11 is 1.03. The Bertz CT molecular complexity index is 541. The molecule has 0 spiro atoms. The summed E-state index contributed by atoms with van der Waals surface area (Å²) in [4.78, 5) is 18.0. The number of nitrogens with one attached hydrogen (secondary N) is 1. The highest BCUT2D eigenvalue weighted by Crippen LogP contribution is 2.25. The van der Waals surface area contributed by atoms with E-state index in [1.165, 1.54) is 6.20 Å². The van der Waals surface area contributed by atoms with Gasteiger partial charge in [0.25, 0.3) is 0 Å². The molecule has 6 nitrogen and oxygen atoms in total. The Morgan fingerprint density at radius 3 is 3.00 bits per heavy atom. The average Bonchev–Trinajstić information content (AvgIpc) is 2.77. The molecule has 0 fully saturated rings. The van der Waals surface area contributed by atoms with E-state index in [1.54, 1.807) is 12.4 Å². The summed E-state index contributed by atoms with van der Waals surface area (Å²) in [6.07, 6.45) is 4.75. The van der Waals surface area contributed by atoms with Crippen LogP contribution in [0.5, 0.6) is 0 Å². The Hall–Kier alpha value is -2.02. The summed E-state index contributed by atoms with van der Waals surface area (Å²) < 4.78 is 0. The van der Waals surface area contributed by atoms with Crippen molar-refractivity contribution in [2.75, 3.05) is 5.32 Å². The zero-order valence-electron chi connectivity index (χ0n) is 9.08. The fourth-order valence-electron chi connectivity index (χ4n) is 1.30. The summed E-state index contributed by atoms with van der Waals surface area (Å²) in [6, 6.07) is 1.91. The van der Waals surface area contributed by atoms with E-state index >= 15 is 0 Å². The summed E-state index contributed by atoms with van der Waals surface area (Å²) in [5.41, 5.74) is 2.17. The SMILES string of the molecule is Cc1cnccc1CNc1ncc([N+](=O)[O-])s1. The number of nitro groups is 1. The molecule has 0 bridgehead atoms. The van der Waals surface area contributed by atoms with E-state index in [4.69, 9.17) is 0 Å². The fraction of sp³-hybridized carbons (Fsp3) is 0.200. The first kappa shape index (κ1) is 11.5. The second-order valence-corrected chi connectivity index (χ2v) is 4.43. The van der Waals surface area contributed by atoms with Crippen molar-refractivity contribution < 1.29 is 4.92 Å². The predicted octanol–water partition coefficient (Wildman–Crippen LogP) is 2.37. The molecule has 2 rings (SSSR count). The summed E-state index contributed by atoms with van der Waals surface area (Å²) in [5.74, 6) is 0. The van der Waals surface area contributed by atoms with E-state index in [-0.39, 0.29) is 5.00 Å². The van der Waals surface area contributed by atoms with Gasteiger partial charge in [-0.3, -0.25) is 15.1 Å². The van der Waals surface area contributed by atoms with Gasteiger partial charge in [-0.1, -0.05) is 0 Å². The molecule has 7 heteroatoms. The topological polar surface area (TPSA) is 81.0 Å². The van der Waals surface area contributed by atoms with Gasteiger partial charge in [0.05, 0.1) is 4.92 Å². The molecule has 88 valence electrons. The van der Waals surface area contributed by atoms with Crippen LogP contribution < -0.4 is 5.32 Å². The third-order valence-electron chi connectivity index (χ3n) is 2.24. The molecule has 2 heterocycles. The van der Waals surface area contributed by atoms with Crippen LogP contribution in [0, 0.1) is 17.0 Å². The third kappa shape index (κ3) is 2.76. The lowest BCUT2D eigenvalue weighted by molar-refractivity contribution is -0.380. The maximum atomic E-state index is 10.5. The van der Waals surface area contributed by atoms with Crippen LogP contribution in [0.2, 0.25) is 0 Å². The lowest BCUT2D eigenvalue weighted by Crippen LogP contribution is -2.00. The number of aryl methyl sites for hydroxylation is 1. The van der Waals surface area contributed by atoms with Crippen LogP contribution in [0.3, 0.4) is 0 Å². The van der Waals surface area contributed by atoms with Gasteiger partial charge in [0.1, 0.15) is 6.20 Å². The van der Waals surface area contributed by atoms with E-state index < -0.39 is 4.92 Å². The summed E-state index contributed by atoms with van der Waals surface area (Å²) in [6.45, 7) is 2.55. The molecule has 0 aromatic carbocycles. The smallest absolute Gasteiger partial charge is 0.345 e. The minimum absolute atomic E-state index is 0.0407. The molecule has 2 aromatic heterocycles. The maximum Gasteiger partial charge on any atom is 0.345 e. The average molecular weight is 250 g/mol. The number of pyridine rings is 1. The van der Waals surface area contributed by atoms with E-state index in [2.05, 4.69) is 15.3 Å². The molecule has 1 N–H and O–H groups in total. The lowest BCUT2D eigenvalue weighted by Gasteiger charge is -2.04. The summed E-state index contributed by atoms with van der Waals surface area (Å²) in [5, 5.41) is 14.1. The van der Waals surface area contributed by atoms with Crippen LogP contribution in [0.15, 0.2) is 24.7 Å². The molecular weight excluding hydrogens is 240 g/mol. The lowest BCUT2D eigenvalue weighted by atomic mass is 10.2. The molecule has 0 unspecified atom stereocenters. The van der Waals surface area contributed by atoms with E-state index in [1.807, 2.05) is 13.0 Å². The van der Waals surface area contributed by atoms with E-state index in [0.29, 0.717) is 11.7 Å². The maximum absolute atomic E-state index is 10.5. The number of rotatable bonds is 4. The van der Waals surface area contributed by atoms with Gasteiger partial charge in [0.2, 0.25) is 0 Å². The number of aromatic nitrogens is 2. The van der Waals surface area contributed by atoms with Crippen molar-refractivity contribution in [3.63, 3.8) is 0 Å². The summed E-state index contributed by atoms with van der Waals surface area (Å²) in [7, 11) is 0. The van der Waals surface area contributed by atoms with Crippen molar-refractivity contribution in [2.45, 2.75) is 13.5 Å². The Balaban J connectivity index is 2.02. The zero-order chi connectivity index (χ0) is 12.3. The molecule has 17 heavy (non-hydrogen) atoms. The predicted molar refractivity (Wildman–Crippen MR) is 65.1 cm³/mol. The highest BCUT2D eigenvalue weighted by Gasteiger charge is 2.11. The molecule has 0 aliphatic carbocycles. The van der Waals surface area contributed by atoms with Crippen LogP contribution in [0.1, 0.15) is 11.1 Å². The minimum atomic E-state index is -0.444. The van der Waals surface area contributed by atoms with Crippen molar-refractivity contribution in [2.24, 2.45) is 0 Å². The minimum Gasteiger partial charge on any atom is -0.357 e. The monoisotopic (exact) mass is 250 g/mol. The van der Waals surface area contributed by atoms with Gasteiger partial charge in [0, 0.05) is 18.9 Å². The van der Waals surface area contributed by atoms with Crippen molar-refractivity contribution in [1.82, 2.24) is 9.97 Å². The second kappa shape index (κ2) is 4.88. The van der Waals surface area contributed by atoms with Gasteiger partial charge in [-0.05, 0) is 35.5 Å². The van der Waals surface area contributed by atoms with Crippen molar-refractivity contribution in [1.29, 1.82) is 0 Å². The molecule has 0 saturated heterocycles. The van der Waals surface area contributed by atoms with Gasteiger partial charge in [-0.15, -0.1) is 0 Å². The third-order valence-corrected chi connectivity index (χ3v) is 3.15. The van der Waals surface area contributed by atoms with Crippen molar-refractivity contribution in [3.05, 3.63) is 45.9 Å². The first-order chi connectivity index (χ1) is 8.16. The van der Waals surface area contributed by atoms with Crippen LogP contribution in [0.25, 0.3) is 0 Å². The first-order valence-corrected chi connectivity index (χ1v) is 5.72. The van der Waals surface area contributed by atoms with E-state index in [9.17, 15) is 10.1 Å². The number of thiazole rings is 1. The number of hydrogen-bond acceptors (Lipinski definition) is 6. The molecule has 0 amide bonds. The highest BCUT2D eigenvalue weighted by molar-refractivity contribution is 7.18. The van der Waals surface area contributed by atoms with Crippen LogP contribution in [-0.4, -0.2) is 14.9 Å². The molecule has 0 aliphatic heterocycles. The Morgan fingerprint density at radius 1 is 1.53 bits per heavy atom. The Kier molecular flexibility index (Phi) is 3.29. The van der Waals surface area contributed by atoms with Gasteiger partial charge in [0.15, 0.2) is 5.13 Å². The Labute approximate surface area is 102 Å².